The Morgan fingerprint density at radius 3 is 2.62 bits per heavy atom. The van der Waals surface area contributed by atoms with Crippen LogP contribution in [0, 0.1) is 5.82 Å². The molecule has 6 heteroatoms. The van der Waals surface area contributed by atoms with Gasteiger partial charge in [0.05, 0.1) is 10.4 Å². The summed E-state index contributed by atoms with van der Waals surface area (Å²) in [7, 11) is 0. The molecule has 2 heterocycles. The molecule has 1 saturated heterocycles. The molecule has 1 aliphatic heterocycles. The van der Waals surface area contributed by atoms with Crippen molar-refractivity contribution in [3.05, 3.63) is 50.9 Å². The van der Waals surface area contributed by atoms with E-state index in [-0.39, 0.29) is 17.6 Å². The van der Waals surface area contributed by atoms with Crippen molar-refractivity contribution >= 4 is 22.9 Å². The van der Waals surface area contributed by atoms with Crippen LogP contribution in [0.2, 0.25) is 4.34 Å². The number of halogens is 2. The van der Waals surface area contributed by atoms with Gasteiger partial charge in [0.2, 0.25) is 0 Å². The summed E-state index contributed by atoms with van der Waals surface area (Å²) in [6.45, 7) is 3.46. The fourth-order valence-corrected chi connectivity index (χ4v) is 3.90. The Hall–Kier alpha value is -1.14. The zero-order valence-corrected chi connectivity index (χ0v) is 12.9. The van der Waals surface area contributed by atoms with Gasteiger partial charge in [-0.3, -0.25) is 4.90 Å². The normalized spacial score (nSPS) is 17.8. The van der Waals surface area contributed by atoms with Gasteiger partial charge in [0.15, 0.2) is 0 Å². The Morgan fingerprint density at radius 2 is 2.00 bits per heavy atom. The van der Waals surface area contributed by atoms with Crippen molar-refractivity contribution in [2.75, 3.05) is 26.2 Å². The molecule has 2 N–H and O–H groups in total. The Morgan fingerprint density at radius 1 is 1.24 bits per heavy atom. The molecule has 0 saturated carbocycles. The summed E-state index contributed by atoms with van der Waals surface area (Å²) in [4.78, 5) is 3.26. The number of phenolic OH excluding ortho intramolecular Hbond substituents is 1. The van der Waals surface area contributed by atoms with Gasteiger partial charge in [0.25, 0.3) is 0 Å². The van der Waals surface area contributed by atoms with Crippen molar-refractivity contribution in [3.8, 4) is 5.75 Å². The van der Waals surface area contributed by atoms with Crippen molar-refractivity contribution in [2.24, 2.45) is 0 Å². The molecule has 1 aliphatic rings. The molecule has 0 amide bonds. The smallest absolute Gasteiger partial charge is 0.132 e. The molecule has 3 nitrogen and oxygen atoms in total. The van der Waals surface area contributed by atoms with Gasteiger partial charge in [0, 0.05) is 42.7 Å². The predicted molar refractivity (Wildman–Crippen MR) is 83.7 cm³/mol. The minimum Gasteiger partial charge on any atom is -0.508 e. The molecule has 1 fully saturated rings. The zero-order valence-electron chi connectivity index (χ0n) is 11.4. The summed E-state index contributed by atoms with van der Waals surface area (Å²) in [5, 5.41) is 12.7. The minimum absolute atomic E-state index is 0.0560. The number of nitrogens with one attached hydrogen (secondary N) is 1. The van der Waals surface area contributed by atoms with Gasteiger partial charge in [-0.25, -0.2) is 4.39 Å². The zero-order chi connectivity index (χ0) is 14.8. The fraction of sp³-hybridized carbons (Fsp3) is 0.333. The second-order valence-electron chi connectivity index (χ2n) is 5.04. The third-order valence-corrected chi connectivity index (χ3v) is 4.94. The molecule has 0 spiro atoms. The van der Waals surface area contributed by atoms with E-state index in [4.69, 9.17) is 11.6 Å². The van der Waals surface area contributed by atoms with Crippen molar-refractivity contribution < 1.29 is 9.50 Å². The van der Waals surface area contributed by atoms with Crippen LogP contribution < -0.4 is 5.32 Å². The van der Waals surface area contributed by atoms with Crippen LogP contribution >= 0.6 is 22.9 Å². The lowest BCUT2D eigenvalue weighted by atomic mass is 10.0. The third kappa shape index (κ3) is 3.21. The first-order valence-electron chi connectivity index (χ1n) is 6.83. The van der Waals surface area contributed by atoms with Crippen LogP contribution in [0.25, 0.3) is 0 Å². The Labute approximate surface area is 132 Å². The van der Waals surface area contributed by atoms with Crippen LogP contribution in [-0.4, -0.2) is 36.2 Å². The number of benzene rings is 1. The maximum atomic E-state index is 14.3. The molecule has 1 aromatic heterocycles. The van der Waals surface area contributed by atoms with E-state index >= 15 is 0 Å². The molecule has 0 unspecified atom stereocenters. The number of hydrogen-bond donors (Lipinski definition) is 2. The van der Waals surface area contributed by atoms with E-state index in [1.165, 1.54) is 23.5 Å². The lowest BCUT2D eigenvalue weighted by Crippen LogP contribution is -2.45. The van der Waals surface area contributed by atoms with Crippen molar-refractivity contribution in [1.29, 1.82) is 0 Å². The maximum Gasteiger partial charge on any atom is 0.132 e. The topological polar surface area (TPSA) is 35.5 Å². The standard InChI is InChI=1S/C15H16ClFN2OS/c16-14-4-3-13(21-14)15(19-7-5-18-6-8-19)11-2-1-10(20)9-12(11)17/h1-4,9,15,18,20H,5-8H2/t15-/m1/s1. The van der Waals surface area contributed by atoms with Gasteiger partial charge in [-0.15, -0.1) is 11.3 Å². The molecule has 21 heavy (non-hydrogen) atoms. The van der Waals surface area contributed by atoms with Crippen molar-refractivity contribution in [2.45, 2.75) is 6.04 Å². The summed E-state index contributed by atoms with van der Waals surface area (Å²) in [6, 6.07) is 7.99. The highest BCUT2D eigenvalue weighted by Gasteiger charge is 2.27. The van der Waals surface area contributed by atoms with E-state index in [1.54, 1.807) is 6.07 Å². The summed E-state index contributed by atoms with van der Waals surface area (Å²) in [5.41, 5.74) is 0.577. The molecule has 1 atom stereocenters. The number of piperazine rings is 1. The summed E-state index contributed by atoms with van der Waals surface area (Å²) in [5.74, 6) is -0.442. The Bertz CT molecular complexity index is 628. The van der Waals surface area contributed by atoms with Crippen LogP contribution in [0.1, 0.15) is 16.5 Å². The highest BCUT2D eigenvalue weighted by molar-refractivity contribution is 7.16. The van der Waals surface area contributed by atoms with E-state index < -0.39 is 0 Å². The molecule has 2 aromatic rings. The first kappa shape index (κ1) is 14.8. The lowest BCUT2D eigenvalue weighted by Gasteiger charge is -2.34. The monoisotopic (exact) mass is 326 g/mol. The Kier molecular flexibility index (Phi) is 4.45. The molecule has 0 radical (unpaired) electrons. The molecular formula is C15H16ClFN2OS. The van der Waals surface area contributed by atoms with Gasteiger partial charge < -0.3 is 10.4 Å². The van der Waals surface area contributed by atoms with Gasteiger partial charge >= 0.3 is 0 Å². The van der Waals surface area contributed by atoms with Gasteiger partial charge in [0.1, 0.15) is 11.6 Å². The number of phenols is 1. The maximum absolute atomic E-state index is 14.3. The van der Waals surface area contributed by atoms with E-state index in [9.17, 15) is 9.50 Å². The first-order chi connectivity index (χ1) is 10.1. The first-order valence-corrected chi connectivity index (χ1v) is 8.03. The SMILES string of the molecule is Oc1ccc([C@H](c2ccc(Cl)s2)N2CCNCC2)c(F)c1. The number of thiophene rings is 1. The second-order valence-corrected chi connectivity index (χ2v) is 6.78. The molecule has 0 aliphatic carbocycles. The predicted octanol–water partition coefficient (Wildman–Crippen LogP) is 3.24. The van der Waals surface area contributed by atoms with E-state index in [2.05, 4.69) is 10.2 Å². The van der Waals surface area contributed by atoms with Gasteiger partial charge in [-0.2, -0.15) is 0 Å². The molecule has 1 aromatic carbocycles. The fourth-order valence-electron chi connectivity index (χ4n) is 2.68. The number of hydrogen-bond acceptors (Lipinski definition) is 4. The van der Waals surface area contributed by atoms with Gasteiger partial charge in [-0.1, -0.05) is 17.7 Å². The summed E-state index contributed by atoms with van der Waals surface area (Å²) >= 11 is 7.52. The Balaban J connectivity index is 2.02. The van der Waals surface area contributed by atoms with Crippen molar-refractivity contribution in [1.82, 2.24) is 10.2 Å². The van der Waals surface area contributed by atoms with E-state index in [1.807, 2.05) is 12.1 Å². The summed E-state index contributed by atoms with van der Waals surface area (Å²) in [6.07, 6.45) is 0. The van der Waals surface area contributed by atoms with Crippen LogP contribution in [0.15, 0.2) is 30.3 Å². The second kappa shape index (κ2) is 6.32. The lowest BCUT2D eigenvalue weighted by molar-refractivity contribution is 0.197. The summed E-state index contributed by atoms with van der Waals surface area (Å²) < 4.78 is 15.0. The number of rotatable bonds is 3. The average molecular weight is 327 g/mol. The van der Waals surface area contributed by atoms with Crippen LogP contribution in [0.4, 0.5) is 4.39 Å². The highest BCUT2D eigenvalue weighted by Crippen LogP contribution is 2.37. The van der Waals surface area contributed by atoms with Crippen LogP contribution in [-0.2, 0) is 0 Å². The van der Waals surface area contributed by atoms with Crippen molar-refractivity contribution in [3.63, 3.8) is 0 Å². The largest absolute Gasteiger partial charge is 0.508 e. The average Bonchev–Trinajstić information content (AvgIpc) is 2.89. The highest BCUT2D eigenvalue weighted by atomic mass is 35.5. The number of aromatic hydroxyl groups is 1. The van der Waals surface area contributed by atoms with Crippen LogP contribution in [0.5, 0.6) is 5.75 Å². The van der Waals surface area contributed by atoms with E-state index in [0.717, 1.165) is 31.1 Å². The molecule has 3 rings (SSSR count). The molecule has 112 valence electrons. The minimum atomic E-state index is -0.386. The van der Waals surface area contributed by atoms with Gasteiger partial charge in [-0.05, 0) is 18.2 Å². The van der Waals surface area contributed by atoms with E-state index in [0.29, 0.717) is 9.90 Å². The van der Waals surface area contributed by atoms with Crippen LogP contribution in [0.3, 0.4) is 0 Å². The molecule has 0 bridgehead atoms. The third-order valence-electron chi connectivity index (χ3n) is 3.66. The number of nitrogens with zero attached hydrogens (tertiary/aromatic N) is 1. The quantitative estimate of drug-likeness (QED) is 0.909. The molecular weight excluding hydrogens is 311 g/mol.